The molecular weight excluding hydrogens is 352 g/mol. The van der Waals surface area contributed by atoms with Crippen LogP contribution in [0.15, 0.2) is 10.5 Å². The predicted octanol–water partition coefficient (Wildman–Crippen LogP) is 3.30. The van der Waals surface area contributed by atoms with Crippen molar-refractivity contribution < 1.29 is 18.7 Å². The Kier molecular flexibility index (Phi) is 4.79. The van der Waals surface area contributed by atoms with Gasteiger partial charge in [-0.3, -0.25) is 9.78 Å². The van der Waals surface area contributed by atoms with Crippen LogP contribution in [0.5, 0.6) is 0 Å². The predicted molar refractivity (Wildman–Crippen MR) is 60.9 cm³/mol. The monoisotopic (exact) mass is 357 g/mol. The first kappa shape index (κ1) is 13.5. The fraction of sp³-hybridized carbons (Fsp3) is 0.333. The summed E-state index contributed by atoms with van der Waals surface area (Å²) in [6.45, 7) is 0. The third-order valence-corrected chi connectivity index (χ3v) is 3.31. The Hall–Kier alpha value is -0.560. The van der Waals surface area contributed by atoms with E-state index in [1.54, 1.807) is 0 Å². The number of aliphatic carboxylic acids is 1. The molecule has 0 fully saturated rings. The number of rotatable bonds is 4. The third-order valence-electron chi connectivity index (χ3n) is 1.79. The molecule has 0 aliphatic heterocycles. The zero-order valence-corrected chi connectivity index (χ0v) is 11.1. The van der Waals surface area contributed by atoms with E-state index >= 15 is 0 Å². The molecule has 0 spiro atoms. The Labute approximate surface area is 107 Å². The first-order valence-corrected chi connectivity index (χ1v) is 6.11. The van der Waals surface area contributed by atoms with Crippen LogP contribution in [0.3, 0.4) is 0 Å². The van der Waals surface area contributed by atoms with Crippen molar-refractivity contribution in [3.8, 4) is 0 Å². The van der Waals surface area contributed by atoms with Gasteiger partial charge in [0.1, 0.15) is 5.69 Å². The number of hydrogen-bond donors (Lipinski definition) is 1. The molecule has 0 saturated carbocycles. The van der Waals surface area contributed by atoms with Gasteiger partial charge in [-0.1, -0.05) is 15.9 Å². The number of alkyl halides is 3. The molecule has 1 heterocycles. The SMILES string of the molecule is O=C(O)Cc1cc(CBr)c(Br)c(C(F)F)n1. The lowest BCUT2D eigenvalue weighted by Gasteiger charge is -2.09. The maximum Gasteiger partial charge on any atom is 0.309 e. The number of nitrogens with zero attached hydrogens (tertiary/aromatic N) is 1. The van der Waals surface area contributed by atoms with Crippen LogP contribution in [0.2, 0.25) is 0 Å². The molecule has 0 aliphatic rings. The minimum atomic E-state index is -2.74. The molecule has 0 atom stereocenters. The number of aromatic nitrogens is 1. The van der Waals surface area contributed by atoms with Gasteiger partial charge in [-0.05, 0) is 27.6 Å². The smallest absolute Gasteiger partial charge is 0.309 e. The topological polar surface area (TPSA) is 50.2 Å². The molecule has 1 N–H and O–H groups in total. The molecule has 0 bridgehead atoms. The second-order valence-corrected chi connectivity index (χ2v) is 4.33. The first-order chi connectivity index (χ1) is 7.45. The van der Waals surface area contributed by atoms with E-state index in [1.807, 2.05) is 0 Å². The Balaban J connectivity index is 3.22. The largest absolute Gasteiger partial charge is 0.481 e. The van der Waals surface area contributed by atoms with E-state index in [9.17, 15) is 13.6 Å². The average molecular weight is 359 g/mol. The van der Waals surface area contributed by atoms with E-state index in [-0.39, 0.29) is 16.6 Å². The highest BCUT2D eigenvalue weighted by atomic mass is 79.9. The number of pyridine rings is 1. The zero-order valence-electron chi connectivity index (χ0n) is 7.88. The van der Waals surface area contributed by atoms with Gasteiger partial charge >= 0.3 is 5.97 Å². The van der Waals surface area contributed by atoms with Gasteiger partial charge in [0.15, 0.2) is 0 Å². The second-order valence-electron chi connectivity index (χ2n) is 2.98. The quantitative estimate of drug-likeness (QED) is 0.840. The van der Waals surface area contributed by atoms with Crippen LogP contribution in [-0.4, -0.2) is 16.1 Å². The highest BCUT2D eigenvalue weighted by molar-refractivity contribution is 9.10. The van der Waals surface area contributed by atoms with Crippen LogP contribution >= 0.6 is 31.9 Å². The van der Waals surface area contributed by atoms with Crippen molar-refractivity contribution in [2.75, 3.05) is 0 Å². The summed E-state index contributed by atoms with van der Waals surface area (Å²) in [4.78, 5) is 14.1. The van der Waals surface area contributed by atoms with Crippen LogP contribution in [0.1, 0.15) is 23.4 Å². The highest BCUT2D eigenvalue weighted by Crippen LogP contribution is 2.30. The van der Waals surface area contributed by atoms with Crippen molar-refractivity contribution in [3.05, 3.63) is 27.5 Å². The van der Waals surface area contributed by atoms with Gasteiger partial charge in [-0.15, -0.1) is 0 Å². The highest BCUT2D eigenvalue weighted by Gasteiger charge is 2.18. The third kappa shape index (κ3) is 3.21. The summed E-state index contributed by atoms with van der Waals surface area (Å²) >= 11 is 6.16. The lowest BCUT2D eigenvalue weighted by Crippen LogP contribution is -2.06. The summed E-state index contributed by atoms with van der Waals surface area (Å²) in [6, 6.07) is 1.48. The van der Waals surface area contributed by atoms with Crippen LogP contribution in [0, 0.1) is 0 Å². The molecular formula is C9H7Br2F2NO2. The van der Waals surface area contributed by atoms with Gasteiger partial charge in [0.05, 0.1) is 12.1 Å². The Morgan fingerprint density at radius 3 is 2.62 bits per heavy atom. The molecule has 7 heteroatoms. The lowest BCUT2D eigenvalue weighted by molar-refractivity contribution is -0.136. The van der Waals surface area contributed by atoms with Crippen molar-refractivity contribution in [1.82, 2.24) is 4.98 Å². The van der Waals surface area contributed by atoms with Gasteiger partial charge in [-0.25, -0.2) is 8.78 Å². The lowest BCUT2D eigenvalue weighted by atomic mass is 10.2. The molecule has 1 rings (SSSR count). The summed E-state index contributed by atoms with van der Waals surface area (Å²) < 4.78 is 25.4. The molecule has 0 amide bonds. The number of hydrogen-bond acceptors (Lipinski definition) is 2. The van der Waals surface area contributed by atoms with Crippen LogP contribution in [0.4, 0.5) is 8.78 Å². The first-order valence-electron chi connectivity index (χ1n) is 4.19. The molecule has 3 nitrogen and oxygen atoms in total. The van der Waals surface area contributed by atoms with Gasteiger partial charge < -0.3 is 5.11 Å². The number of halogens is 4. The maximum absolute atomic E-state index is 12.6. The number of carbonyl (C=O) groups is 1. The van der Waals surface area contributed by atoms with Gasteiger partial charge in [0.2, 0.25) is 0 Å². The van der Waals surface area contributed by atoms with Gasteiger partial charge in [-0.2, -0.15) is 0 Å². The fourth-order valence-corrected chi connectivity index (χ4v) is 2.49. The second kappa shape index (κ2) is 5.67. The molecule has 88 valence electrons. The maximum atomic E-state index is 12.6. The Morgan fingerprint density at radius 2 is 2.19 bits per heavy atom. The number of carboxylic acid groups (broad SMARTS) is 1. The summed E-state index contributed by atoms with van der Waals surface area (Å²) in [5.41, 5.74) is 0.259. The van der Waals surface area contributed by atoms with Crippen molar-refractivity contribution in [2.24, 2.45) is 0 Å². The van der Waals surface area contributed by atoms with Crippen LogP contribution in [-0.2, 0) is 16.5 Å². The van der Waals surface area contributed by atoms with E-state index in [1.165, 1.54) is 6.07 Å². The van der Waals surface area contributed by atoms with Crippen LogP contribution in [0.25, 0.3) is 0 Å². The Morgan fingerprint density at radius 1 is 1.56 bits per heavy atom. The minimum absolute atomic E-state index is 0.125. The minimum Gasteiger partial charge on any atom is -0.481 e. The summed E-state index contributed by atoms with van der Waals surface area (Å²) in [5, 5.41) is 8.93. The summed E-state index contributed by atoms with van der Waals surface area (Å²) in [5.74, 6) is -1.10. The van der Waals surface area contributed by atoms with Gasteiger partial charge in [0.25, 0.3) is 6.43 Å². The van der Waals surface area contributed by atoms with Crippen molar-refractivity contribution in [2.45, 2.75) is 18.2 Å². The van der Waals surface area contributed by atoms with Crippen LogP contribution < -0.4 is 0 Å². The molecule has 0 radical (unpaired) electrons. The zero-order chi connectivity index (χ0) is 12.3. The molecule has 0 aliphatic carbocycles. The van der Waals surface area contributed by atoms with E-state index in [4.69, 9.17) is 5.11 Å². The van der Waals surface area contributed by atoms with E-state index < -0.39 is 18.1 Å². The van der Waals surface area contributed by atoms with E-state index in [0.29, 0.717) is 10.9 Å². The fourth-order valence-electron chi connectivity index (χ4n) is 1.15. The normalized spacial score (nSPS) is 10.8. The van der Waals surface area contributed by atoms with Crippen molar-refractivity contribution in [3.63, 3.8) is 0 Å². The van der Waals surface area contributed by atoms with Crippen molar-refractivity contribution >= 4 is 37.8 Å². The molecule has 0 saturated heterocycles. The Bertz CT molecular complexity index is 413. The summed E-state index contributed by atoms with van der Waals surface area (Å²) in [6.07, 6.45) is -3.10. The standard InChI is InChI=1S/C9H7Br2F2NO2/c10-3-4-1-5(2-6(15)16)14-8(7(4)11)9(12)13/h1,9H,2-3H2,(H,15,16). The molecule has 1 aromatic rings. The number of carboxylic acids is 1. The van der Waals surface area contributed by atoms with Gasteiger partial charge in [0, 0.05) is 9.80 Å². The van der Waals surface area contributed by atoms with Crippen molar-refractivity contribution in [1.29, 1.82) is 0 Å². The molecule has 0 aromatic carbocycles. The average Bonchev–Trinajstić information content (AvgIpc) is 2.19. The van der Waals surface area contributed by atoms with E-state index in [0.717, 1.165) is 0 Å². The van der Waals surface area contributed by atoms with E-state index in [2.05, 4.69) is 36.8 Å². The summed E-state index contributed by atoms with van der Waals surface area (Å²) in [7, 11) is 0. The molecule has 16 heavy (non-hydrogen) atoms. The molecule has 0 unspecified atom stereocenters. The molecule has 1 aromatic heterocycles.